The number of nitrogens with one attached hydrogen (secondary N) is 2. The Morgan fingerprint density at radius 2 is 1.81 bits per heavy atom. The number of aromatic nitrogens is 5. The van der Waals surface area contributed by atoms with Crippen molar-refractivity contribution in [1.82, 2.24) is 35.3 Å². The zero-order valence-electron chi connectivity index (χ0n) is 25.0. The first kappa shape index (κ1) is 28.7. The van der Waals surface area contributed by atoms with Crippen molar-refractivity contribution in [3.8, 4) is 22.5 Å². The molecule has 2 aromatic carbocycles. The van der Waals surface area contributed by atoms with Gasteiger partial charge in [-0.15, -0.1) is 0 Å². The summed E-state index contributed by atoms with van der Waals surface area (Å²) < 4.78 is 6.99. The van der Waals surface area contributed by atoms with Gasteiger partial charge in [-0.25, -0.2) is 9.97 Å². The smallest absolute Gasteiger partial charge is 0.315 e. The molecule has 0 saturated carbocycles. The normalized spacial score (nSPS) is 14.3. The number of benzene rings is 2. The second kappa shape index (κ2) is 11.7. The molecular formula is C33H37N7O3. The van der Waals surface area contributed by atoms with E-state index in [1.807, 2.05) is 44.4 Å². The molecule has 6 rings (SSSR count). The number of piperidine rings is 1. The Morgan fingerprint density at radius 1 is 1.07 bits per heavy atom. The van der Waals surface area contributed by atoms with E-state index in [1.165, 1.54) is 11.9 Å². The van der Waals surface area contributed by atoms with Gasteiger partial charge < -0.3 is 24.8 Å². The van der Waals surface area contributed by atoms with Crippen molar-refractivity contribution in [3.05, 3.63) is 83.3 Å². The van der Waals surface area contributed by atoms with Gasteiger partial charge in [-0.1, -0.05) is 62.3 Å². The van der Waals surface area contributed by atoms with E-state index in [-0.39, 0.29) is 18.0 Å². The van der Waals surface area contributed by atoms with E-state index in [1.54, 1.807) is 0 Å². The van der Waals surface area contributed by atoms with Crippen molar-refractivity contribution in [2.45, 2.75) is 65.1 Å². The summed E-state index contributed by atoms with van der Waals surface area (Å²) in [4.78, 5) is 26.0. The number of hydrogen-bond donors (Lipinski definition) is 3. The molecule has 43 heavy (non-hydrogen) atoms. The summed E-state index contributed by atoms with van der Waals surface area (Å²) in [5.41, 5.74) is 7.30. The van der Waals surface area contributed by atoms with Crippen LogP contribution < -0.4 is 10.6 Å². The predicted molar refractivity (Wildman–Crippen MR) is 164 cm³/mol. The molecule has 1 fully saturated rings. The predicted octanol–water partition coefficient (Wildman–Crippen LogP) is 5.10. The molecule has 3 N–H and O–H groups in total. The minimum Gasteiger partial charge on any atom is -0.376 e. The summed E-state index contributed by atoms with van der Waals surface area (Å²) in [6.45, 7) is 10.1. The van der Waals surface area contributed by atoms with Crippen molar-refractivity contribution >= 4 is 16.9 Å². The molecule has 1 aliphatic heterocycles. The van der Waals surface area contributed by atoms with Crippen LogP contribution in [0, 0.1) is 6.92 Å². The van der Waals surface area contributed by atoms with Crippen LogP contribution in [0.5, 0.6) is 0 Å². The lowest BCUT2D eigenvalue weighted by Crippen LogP contribution is -2.26. The Morgan fingerprint density at radius 3 is 2.49 bits per heavy atom. The molecule has 0 spiro atoms. The average Bonchev–Trinajstić information content (AvgIpc) is 3.67. The minimum atomic E-state index is -0.411. The Balaban J connectivity index is 1.24. The summed E-state index contributed by atoms with van der Waals surface area (Å²) in [7, 11) is 0. The van der Waals surface area contributed by atoms with Crippen LogP contribution in [-0.2, 0) is 18.7 Å². The van der Waals surface area contributed by atoms with Crippen LogP contribution in [0.25, 0.3) is 33.5 Å². The van der Waals surface area contributed by atoms with E-state index in [0.717, 1.165) is 65.0 Å². The van der Waals surface area contributed by atoms with Crippen LogP contribution in [0.2, 0.25) is 0 Å². The third kappa shape index (κ3) is 5.80. The number of aryl methyl sites for hydroxylation is 1. The fraction of sp³-hybridized carbons (Fsp3) is 0.364. The Bertz CT molecular complexity index is 1760. The number of aliphatic hydroxyl groups is 1. The molecule has 0 bridgehead atoms. The molecule has 0 aliphatic carbocycles. The van der Waals surface area contributed by atoms with Crippen LogP contribution in [0.15, 0.2) is 59.4 Å². The van der Waals surface area contributed by atoms with Gasteiger partial charge >= 0.3 is 11.8 Å². The number of carbonyl (C=O) groups excluding carboxylic acids is 1. The van der Waals surface area contributed by atoms with E-state index in [0.29, 0.717) is 23.9 Å². The zero-order valence-corrected chi connectivity index (χ0v) is 25.0. The monoisotopic (exact) mass is 579 g/mol. The van der Waals surface area contributed by atoms with Crippen LogP contribution in [-0.4, -0.2) is 48.8 Å². The van der Waals surface area contributed by atoms with Gasteiger partial charge in [0.2, 0.25) is 0 Å². The maximum atomic E-state index is 12.6. The number of amides is 1. The standard InChI is InChI=1S/C33H37N7O3/c1-20-15-24(9-10-25(20)17-35-30(42)31-38-32(39-43-31)33(2,3)4)28-26-16-27(40(19-41)29(26)37-18-36-28)23-7-5-21(6-8-23)22-11-13-34-14-12-22/h5-10,15-16,18,22,34,41H,11-14,17,19H2,1-4H3,(H,35,42). The maximum Gasteiger partial charge on any atom is 0.315 e. The molecular weight excluding hydrogens is 542 g/mol. The molecule has 3 aromatic heterocycles. The SMILES string of the molecule is Cc1cc(-c2ncnc3c2cc(-c2ccc(C4CCNCC4)cc2)n3CO)ccc1CNC(=O)c1nc(C(C)(C)C)no1. The number of aliphatic hydroxyl groups excluding tert-OH is 1. The highest BCUT2D eigenvalue weighted by atomic mass is 16.5. The fourth-order valence-electron chi connectivity index (χ4n) is 5.67. The molecule has 4 heterocycles. The summed E-state index contributed by atoms with van der Waals surface area (Å²) in [6, 6.07) is 16.8. The quantitative estimate of drug-likeness (QED) is 0.243. The molecule has 1 aliphatic rings. The van der Waals surface area contributed by atoms with Gasteiger partial charge in [-0.3, -0.25) is 4.79 Å². The fourth-order valence-corrected chi connectivity index (χ4v) is 5.67. The first-order valence-corrected chi connectivity index (χ1v) is 14.7. The first-order valence-electron chi connectivity index (χ1n) is 14.7. The van der Waals surface area contributed by atoms with Gasteiger partial charge in [0.1, 0.15) is 18.7 Å². The summed E-state index contributed by atoms with van der Waals surface area (Å²) in [5, 5.41) is 21.4. The molecule has 1 saturated heterocycles. The Labute approximate surface area is 250 Å². The summed E-state index contributed by atoms with van der Waals surface area (Å²) in [5.74, 6) is 0.608. The van der Waals surface area contributed by atoms with Gasteiger partial charge in [0, 0.05) is 22.9 Å². The van der Waals surface area contributed by atoms with Gasteiger partial charge in [-0.05, 0) is 73.2 Å². The molecule has 5 aromatic rings. The second-order valence-corrected chi connectivity index (χ2v) is 12.2. The largest absolute Gasteiger partial charge is 0.376 e. The molecule has 0 radical (unpaired) electrons. The van der Waals surface area contributed by atoms with Crippen LogP contribution in [0.3, 0.4) is 0 Å². The van der Waals surface area contributed by atoms with E-state index < -0.39 is 5.91 Å². The third-order valence-electron chi connectivity index (χ3n) is 8.20. The lowest BCUT2D eigenvalue weighted by molar-refractivity contribution is 0.0907. The zero-order chi connectivity index (χ0) is 30.1. The number of rotatable bonds is 7. The lowest BCUT2D eigenvalue weighted by atomic mass is 9.89. The summed E-state index contributed by atoms with van der Waals surface area (Å²) >= 11 is 0. The van der Waals surface area contributed by atoms with Crippen molar-refractivity contribution in [2.24, 2.45) is 0 Å². The highest BCUT2D eigenvalue weighted by molar-refractivity contribution is 5.95. The van der Waals surface area contributed by atoms with Gasteiger partial charge in [0.15, 0.2) is 5.82 Å². The number of nitrogens with zero attached hydrogens (tertiary/aromatic N) is 5. The van der Waals surface area contributed by atoms with Crippen LogP contribution in [0.4, 0.5) is 0 Å². The molecule has 10 heteroatoms. The minimum absolute atomic E-state index is 0.0484. The van der Waals surface area contributed by atoms with Crippen molar-refractivity contribution in [3.63, 3.8) is 0 Å². The number of carbonyl (C=O) groups is 1. The van der Waals surface area contributed by atoms with Gasteiger partial charge in [0.25, 0.3) is 0 Å². The van der Waals surface area contributed by atoms with Crippen molar-refractivity contribution < 1.29 is 14.4 Å². The highest BCUT2D eigenvalue weighted by Crippen LogP contribution is 2.34. The van der Waals surface area contributed by atoms with E-state index in [4.69, 9.17) is 4.52 Å². The van der Waals surface area contributed by atoms with Crippen LogP contribution >= 0.6 is 0 Å². The lowest BCUT2D eigenvalue weighted by Gasteiger charge is -2.23. The van der Waals surface area contributed by atoms with Gasteiger partial charge in [0.05, 0.1) is 11.4 Å². The topological polar surface area (TPSA) is 131 Å². The number of fused-ring (bicyclic) bond motifs is 1. The average molecular weight is 580 g/mol. The van der Waals surface area contributed by atoms with E-state index in [9.17, 15) is 9.90 Å². The first-order chi connectivity index (χ1) is 20.7. The molecule has 1 amide bonds. The third-order valence-corrected chi connectivity index (χ3v) is 8.20. The molecule has 10 nitrogen and oxygen atoms in total. The Hall–Kier alpha value is -4.41. The van der Waals surface area contributed by atoms with E-state index >= 15 is 0 Å². The second-order valence-electron chi connectivity index (χ2n) is 12.2. The highest BCUT2D eigenvalue weighted by Gasteiger charge is 2.24. The number of hydrogen-bond acceptors (Lipinski definition) is 8. The van der Waals surface area contributed by atoms with Gasteiger partial charge in [-0.2, -0.15) is 4.98 Å². The van der Waals surface area contributed by atoms with Crippen molar-refractivity contribution in [2.75, 3.05) is 13.1 Å². The molecule has 0 atom stereocenters. The molecule has 222 valence electrons. The maximum absolute atomic E-state index is 12.6. The van der Waals surface area contributed by atoms with Crippen LogP contribution in [0.1, 0.15) is 72.7 Å². The van der Waals surface area contributed by atoms with Crippen molar-refractivity contribution in [1.29, 1.82) is 0 Å². The Kier molecular flexibility index (Phi) is 7.81. The summed E-state index contributed by atoms with van der Waals surface area (Å²) in [6.07, 6.45) is 3.83. The molecule has 0 unspecified atom stereocenters. The van der Waals surface area contributed by atoms with E-state index in [2.05, 4.69) is 67.1 Å².